The average Bonchev–Trinajstić information content (AvgIpc) is 2.83. The lowest BCUT2D eigenvalue weighted by Crippen LogP contribution is -2.11. The summed E-state index contributed by atoms with van der Waals surface area (Å²) in [5, 5.41) is 0. The summed E-state index contributed by atoms with van der Waals surface area (Å²) in [4.78, 5) is 4.15. The van der Waals surface area contributed by atoms with Crippen LogP contribution in [0.4, 0.5) is 0 Å². The molecule has 1 aromatic heterocycles. The maximum absolute atomic E-state index is 5.86. The van der Waals surface area contributed by atoms with Crippen molar-refractivity contribution in [2.24, 2.45) is 5.92 Å². The standard InChI is InChI=1S/C11H15ClN2O/c12-4-10-5-13-7-14(10)9-3-11(15-6-9)8-1-2-8/h5,7-9,11H,1-4,6H2. The van der Waals surface area contributed by atoms with Crippen molar-refractivity contribution in [1.29, 1.82) is 0 Å². The summed E-state index contributed by atoms with van der Waals surface area (Å²) in [5.41, 5.74) is 1.10. The Bertz CT molecular complexity index is 348. The molecular weight excluding hydrogens is 212 g/mol. The second-order valence-electron chi connectivity index (χ2n) is 4.52. The first-order chi connectivity index (χ1) is 7.38. The number of nitrogens with zero attached hydrogens (tertiary/aromatic N) is 2. The van der Waals surface area contributed by atoms with Crippen LogP contribution in [-0.2, 0) is 10.6 Å². The summed E-state index contributed by atoms with van der Waals surface area (Å²) in [6.07, 6.45) is 8.04. The minimum atomic E-state index is 0.451. The Hall–Kier alpha value is -0.540. The summed E-state index contributed by atoms with van der Waals surface area (Å²) >= 11 is 5.86. The molecule has 2 aliphatic rings. The Morgan fingerprint density at radius 2 is 2.40 bits per heavy atom. The molecule has 1 saturated carbocycles. The van der Waals surface area contributed by atoms with Crippen LogP contribution in [0.5, 0.6) is 0 Å². The van der Waals surface area contributed by atoms with Gasteiger partial charge in [-0.05, 0) is 25.2 Å². The van der Waals surface area contributed by atoms with Gasteiger partial charge in [-0.25, -0.2) is 4.98 Å². The van der Waals surface area contributed by atoms with Gasteiger partial charge in [0.05, 0.1) is 36.7 Å². The predicted molar refractivity (Wildman–Crippen MR) is 57.9 cm³/mol. The number of halogens is 1. The number of rotatable bonds is 3. The maximum Gasteiger partial charge on any atom is 0.0952 e. The fraction of sp³-hybridized carbons (Fsp3) is 0.727. The van der Waals surface area contributed by atoms with E-state index in [0.717, 1.165) is 24.6 Å². The van der Waals surface area contributed by atoms with Gasteiger partial charge in [0.15, 0.2) is 0 Å². The molecular formula is C11H15ClN2O. The van der Waals surface area contributed by atoms with Crippen LogP contribution in [0.3, 0.4) is 0 Å². The molecule has 1 aliphatic carbocycles. The number of imidazole rings is 1. The van der Waals surface area contributed by atoms with Gasteiger partial charge >= 0.3 is 0 Å². The van der Waals surface area contributed by atoms with Gasteiger partial charge in [0.2, 0.25) is 0 Å². The SMILES string of the molecule is ClCc1cncn1C1COC(C2CC2)C1. The van der Waals surface area contributed by atoms with Gasteiger partial charge in [0.1, 0.15) is 0 Å². The lowest BCUT2D eigenvalue weighted by molar-refractivity contribution is 0.0909. The van der Waals surface area contributed by atoms with Crippen LogP contribution < -0.4 is 0 Å². The first kappa shape index (κ1) is 9.67. The van der Waals surface area contributed by atoms with E-state index in [1.165, 1.54) is 12.8 Å². The molecule has 2 fully saturated rings. The van der Waals surface area contributed by atoms with E-state index in [-0.39, 0.29) is 0 Å². The van der Waals surface area contributed by atoms with E-state index in [1.54, 1.807) is 0 Å². The summed E-state index contributed by atoms with van der Waals surface area (Å²) in [7, 11) is 0. The zero-order valence-corrected chi connectivity index (χ0v) is 9.36. The van der Waals surface area contributed by atoms with E-state index >= 15 is 0 Å². The molecule has 0 radical (unpaired) electrons. The molecule has 82 valence electrons. The maximum atomic E-state index is 5.86. The van der Waals surface area contributed by atoms with E-state index < -0.39 is 0 Å². The number of hydrogen-bond acceptors (Lipinski definition) is 2. The molecule has 0 bridgehead atoms. The van der Waals surface area contributed by atoms with Crippen molar-refractivity contribution in [1.82, 2.24) is 9.55 Å². The normalized spacial score (nSPS) is 31.0. The van der Waals surface area contributed by atoms with Crippen LogP contribution in [0, 0.1) is 5.92 Å². The Morgan fingerprint density at radius 1 is 1.53 bits per heavy atom. The highest BCUT2D eigenvalue weighted by Crippen LogP contribution is 2.41. The lowest BCUT2D eigenvalue weighted by Gasteiger charge is -2.12. The molecule has 15 heavy (non-hydrogen) atoms. The van der Waals surface area contributed by atoms with Crippen LogP contribution in [0.15, 0.2) is 12.5 Å². The van der Waals surface area contributed by atoms with Crippen molar-refractivity contribution < 1.29 is 4.74 Å². The molecule has 4 heteroatoms. The molecule has 1 saturated heterocycles. The average molecular weight is 227 g/mol. The number of aromatic nitrogens is 2. The first-order valence-corrected chi connectivity index (χ1v) is 6.10. The van der Waals surface area contributed by atoms with Crippen molar-refractivity contribution in [2.45, 2.75) is 37.3 Å². The highest BCUT2D eigenvalue weighted by molar-refractivity contribution is 6.16. The molecule has 2 unspecified atom stereocenters. The third-order valence-corrected chi connectivity index (χ3v) is 3.71. The predicted octanol–water partition coefficient (Wildman–Crippen LogP) is 2.36. The molecule has 2 atom stereocenters. The number of hydrogen-bond donors (Lipinski definition) is 0. The van der Waals surface area contributed by atoms with E-state index in [2.05, 4.69) is 9.55 Å². The zero-order chi connectivity index (χ0) is 10.3. The highest BCUT2D eigenvalue weighted by atomic mass is 35.5. The molecule has 3 rings (SSSR count). The Kier molecular flexibility index (Phi) is 2.45. The highest BCUT2D eigenvalue weighted by Gasteiger charge is 2.38. The topological polar surface area (TPSA) is 27.1 Å². The molecule has 1 aromatic rings. The van der Waals surface area contributed by atoms with E-state index in [0.29, 0.717) is 18.0 Å². The van der Waals surface area contributed by atoms with E-state index in [4.69, 9.17) is 16.3 Å². The van der Waals surface area contributed by atoms with Crippen LogP contribution >= 0.6 is 11.6 Å². The monoisotopic (exact) mass is 226 g/mol. The van der Waals surface area contributed by atoms with Crippen LogP contribution in [0.1, 0.15) is 31.0 Å². The van der Waals surface area contributed by atoms with E-state index in [1.807, 2.05) is 12.5 Å². The molecule has 1 aliphatic heterocycles. The number of ether oxygens (including phenoxy) is 1. The molecule has 0 amide bonds. The Labute approximate surface area is 94.4 Å². The number of alkyl halides is 1. The van der Waals surface area contributed by atoms with Crippen LogP contribution in [0.2, 0.25) is 0 Å². The molecule has 0 spiro atoms. The largest absolute Gasteiger partial charge is 0.376 e. The Balaban J connectivity index is 1.72. The fourth-order valence-electron chi connectivity index (χ4n) is 2.39. The summed E-state index contributed by atoms with van der Waals surface area (Å²) in [6.45, 7) is 0.821. The quantitative estimate of drug-likeness (QED) is 0.740. The van der Waals surface area contributed by atoms with Crippen molar-refractivity contribution in [3.05, 3.63) is 18.2 Å². The lowest BCUT2D eigenvalue weighted by atomic mass is 10.1. The molecule has 3 nitrogen and oxygen atoms in total. The summed E-state index contributed by atoms with van der Waals surface area (Å²) in [6, 6.07) is 0.451. The minimum absolute atomic E-state index is 0.451. The van der Waals surface area contributed by atoms with Crippen LogP contribution in [-0.4, -0.2) is 22.3 Å². The van der Waals surface area contributed by atoms with Crippen molar-refractivity contribution in [3.8, 4) is 0 Å². The van der Waals surface area contributed by atoms with Gasteiger partial charge in [-0.3, -0.25) is 0 Å². The fourth-order valence-corrected chi connectivity index (χ4v) is 2.60. The van der Waals surface area contributed by atoms with Gasteiger partial charge in [0.25, 0.3) is 0 Å². The van der Waals surface area contributed by atoms with Crippen molar-refractivity contribution in [3.63, 3.8) is 0 Å². The van der Waals surface area contributed by atoms with E-state index in [9.17, 15) is 0 Å². The molecule has 0 aromatic carbocycles. The second-order valence-corrected chi connectivity index (χ2v) is 4.79. The second kappa shape index (κ2) is 3.80. The minimum Gasteiger partial charge on any atom is -0.376 e. The molecule has 2 heterocycles. The van der Waals surface area contributed by atoms with Crippen molar-refractivity contribution in [2.75, 3.05) is 6.61 Å². The van der Waals surface area contributed by atoms with Gasteiger partial charge < -0.3 is 9.30 Å². The van der Waals surface area contributed by atoms with Gasteiger partial charge in [-0.1, -0.05) is 0 Å². The van der Waals surface area contributed by atoms with Crippen molar-refractivity contribution >= 4 is 11.6 Å². The third kappa shape index (κ3) is 1.79. The van der Waals surface area contributed by atoms with Gasteiger partial charge in [-0.15, -0.1) is 11.6 Å². The Morgan fingerprint density at radius 3 is 3.13 bits per heavy atom. The van der Waals surface area contributed by atoms with Gasteiger partial charge in [0, 0.05) is 6.20 Å². The molecule has 0 N–H and O–H groups in total. The smallest absolute Gasteiger partial charge is 0.0952 e. The van der Waals surface area contributed by atoms with Gasteiger partial charge in [-0.2, -0.15) is 0 Å². The third-order valence-electron chi connectivity index (χ3n) is 3.43. The summed E-state index contributed by atoms with van der Waals surface area (Å²) in [5.74, 6) is 1.36. The zero-order valence-electron chi connectivity index (χ0n) is 8.60. The summed E-state index contributed by atoms with van der Waals surface area (Å²) < 4.78 is 8.00. The first-order valence-electron chi connectivity index (χ1n) is 5.56. The van der Waals surface area contributed by atoms with Crippen LogP contribution in [0.25, 0.3) is 0 Å².